The third kappa shape index (κ3) is 5.33. The fourth-order valence-corrected chi connectivity index (χ4v) is 2.98. The van der Waals surface area contributed by atoms with Crippen molar-refractivity contribution in [1.82, 2.24) is 4.72 Å². The number of hydrogen-bond donors (Lipinski definition) is 1. The number of benzene rings is 2. The highest BCUT2D eigenvalue weighted by molar-refractivity contribution is 7.88. The van der Waals surface area contributed by atoms with Crippen LogP contribution in [0.15, 0.2) is 48.5 Å². The molecule has 0 aliphatic rings. The number of alkyl halides is 3. The van der Waals surface area contributed by atoms with Crippen LogP contribution in [0.1, 0.15) is 16.7 Å². The van der Waals surface area contributed by atoms with Gasteiger partial charge in [0.25, 0.3) is 0 Å². The van der Waals surface area contributed by atoms with Crippen LogP contribution in [-0.4, -0.2) is 8.42 Å². The molecule has 0 spiro atoms. The van der Waals surface area contributed by atoms with E-state index in [1.54, 1.807) is 0 Å². The molecule has 0 bridgehead atoms. The maximum atomic E-state index is 12.8. The molecular weight excluding hydrogens is 334 g/mol. The zero-order chi connectivity index (χ0) is 17.1. The molecule has 0 radical (unpaired) electrons. The van der Waals surface area contributed by atoms with Crippen LogP contribution in [0, 0.1) is 5.82 Å². The van der Waals surface area contributed by atoms with Crippen LogP contribution < -0.4 is 4.72 Å². The van der Waals surface area contributed by atoms with E-state index in [2.05, 4.69) is 4.72 Å². The minimum Gasteiger partial charge on any atom is -0.212 e. The molecule has 2 rings (SSSR count). The number of halogens is 4. The van der Waals surface area contributed by atoms with Gasteiger partial charge in [-0.3, -0.25) is 0 Å². The van der Waals surface area contributed by atoms with Crippen molar-refractivity contribution in [2.45, 2.75) is 18.5 Å². The first-order valence-corrected chi connectivity index (χ1v) is 8.19. The Balaban J connectivity index is 1.97. The summed E-state index contributed by atoms with van der Waals surface area (Å²) >= 11 is 0. The highest BCUT2D eigenvalue weighted by atomic mass is 32.2. The lowest BCUT2D eigenvalue weighted by Crippen LogP contribution is -2.24. The van der Waals surface area contributed by atoms with Gasteiger partial charge < -0.3 is 0 Å². The molecular formula is C15H13F4NO2S. The van der Waals surface area contributed by atoms with E-state index in [0.717, 1.165) is 24.3 Å². The SMILES string of the molecule is O=S(=O)(Cc1ccc(F)cc1)NCc1ccc(C(F)(F)F)cc1. The summed E-state index contributed by atoms with van der Waals surface area (Å²) in [5.74, 6) is -0.808. The van der Waals surface area contributed by atoms with Crippen LogP contribution in [0.5, 0.6) is 0 Å². The molecule has 0 aliphatic carbocycles. The zero-order valence-corrected chi connectivity index (χ0v) is 12.6. The van der Waals surface area contributed by atoms with Crippen molar-refractivity contribution in [3.8, 4) is 0 Å². The first-order chi connectivity index (χ1) is 10.7. The molecule has 2 aromatic carbocycles. The maximum absolute atomic E-state index is 12.8. The van der Waals surface area contributed by atoms with Gasteiger partial charge in [-0.2, -0.15) is 13.2 Å². The van der Waals surface area contributed by atoms with Gasteiger partial charge in [-0.25, -0.2) is 17.5 Å². The summed E-state index contributed by atoms with van der Waals surface area (Å²) in [4.78, 5) is 0. The van der Waals surface area contributed by atoms with Gasteiger partial charge in [0.2, 0.25) is 10.0 Å². The summed E-state index contributed by atoms with van der Waals surface area (Å²) in [6.45, 7) is -0.123. The minimum absolute atomic E-state index is 0.123. The second-order valence-electron chi connectivity index (χ2n) is 4.90. The highest BCUT2D eigenvalue weighted by Crippen LogP contribution is 2.29. The van der Waals surface area contributed by atoms with Crippen LogP contribution in [-0.2, 0) is 28.5 Å². The number of rotatable bonds is 5. The molecule has 2 aromatic rings. The molecule has 0 atom stereocenters. The Morgan fingerprint density at radius 3 is 1.91 bits per heavy atom. The normalized spacial score (nSPS) is 12.3. The molecule has 0 saturated carbocycles. The summed E-state index contributed by atoms with van der Waals surface area (Å²) in [5, 5.41) is 0. The Bertz CT molecular complexity index is 754. The number of sulfonamides is 1. The van der Waals surface area contributed by atoms with Crippen molar-refractivity contribution in [2.75, 3.05) is 0 Å². The summed E-state index contributed by atoms with van der Waals surface area (Å²) in [6.07, 6.45) is -4.43. The molecule has 0 unspecified atom stereocenters. The topological polar surface area (TPSA) is 46.2 Å². The smallest absolute Gasteiger partial charge is 0.212 e. The average Bonchev–Trinajstić information content (AvgIpc) is 2.47. The van der Waals surface area contributed by atoms with E-state index >= 15 is 0 Å². The summed E-state index contributed by atoms with van der Waals surface area (Å²) in [5.41, 5.74) is 0.0161. The van der Waals surface area contributed by atoms with Crippen LogP contribution in [0.2, 0.25) is 0 Å². The Labute approximate surface area is 131 Å². The summed E-state index contributed by atoms with van der Waals surface area (Å²) in [7, 11) is -3.68. The van der Waals surface area contributed by atoms with E-state index < -0.39 is 27.6 Å². The van der Waals surface area contributed by atoms with E-state index in [0.29, 0.717) is 11.1 Å². The molecule has 0 fully saturated rings. The van der Waals surface area contributed by atoms with Crippen molar-refractivity contribution >= 4 is 10.0 Å². The molecule has 23 heavy (non-hydrogen) atoms. The average molecular weight is 347 g/mol. The monoisotopic (exact) mass is 347 g/mol. The van der Waals surface area contributed by atoms with Crippen molar-refractivity contribution in [3.05, 3.63) is 71.0 Å². The molecule has 0 aliphatic heterocycles. The fraction of sp³-hybridized carbons (Fsp3) is 0.200. The lowest BCUT2D eigenvalue weighted by atomic mass is 10.1. The second kappa shape index (κ2) is 6.67. The lowest BCUT2D eigenvalue weighted by molar-refractivity contribution is -0.137. The second-order valence-corrected chi connectivity index (χ2v) is 6.71. The third-order valence-electron chi connectivity index (χ3n) is 3.05. The van der Waals surface area contributed by atoms with Crippen LogP contribution in [0.25, 0.3) is 0 Å². The van der Waals surface area contributed by atoms with Gasteiger partial charge in [0, 0.05) is 6.54 Å². The summed E-state index contributed by atoms with van der Waals surface area (Å²) in [6, 6.07) is 9.22. The largest absolute Gasteiger partial charge is 0.416 e. The third-order valence-corrected chi connectivity index (χ3v) is 4.34. The molecule has 1 N–H and O–H groups in total. The standard InChI is InChI=1S/C15H13F4NO2S/c16-14-7-3-12(4-8-14)10-23(21,22)20-9-11-1-5-13(6-2-11)15(17,18)19/h1-8,20H,9-10H2. The number of nitrogens with one attached hydrogen (secondary N) is 1. The van der Waals surface area contributed by atoms with E-state index in [-0.39, 0.29) is 12.3 Å². The minimum atomic E-state index is -4.43. The molecule has 124 valence electrons. The van der Waals surface area contributed by atoms with Crippen LogP contribution in [0.3, 0.4) is 0 Å². The van der Waals surface area contributed by atoms with Gasteiger partial charge in [-0.05, 0) is 35.4 Å². The maximum Gasteiger partial charge on any atom is 0.416 e. The van der Waals surface area contributed by atoms with Gasteiger partial charge in [0.1, 0.15) is 5.82 Å². The zero-order valence-electron chi connectivity index (χ0n) is 11.8. The van der Waals surface area contributed by atoms with Gasteiger partial charge in [-0.15, -0.1) is 0 Å². The Hall–Kier alpha value is -1.93. The molecule has 3 nitrogen and oxygen atoms in total. The van der Waals surface area contributed by atoms with Crippen LogP contribution >= 0.6 is 0 Å². The van der Waals surface area contributed by atoms with Gasteiger partial charge in [0.05, 0.1) is 11.3 Å². The van der Waals surface area contributed by atoms with Crippen molar-refractivity contribution in [3.63, 3.8) is 0 Å². The van der Waals surface area contributed by atoms with E-state index in [4.69, 9.17) is 0 Å². The van der Waals surface area contributed by atoms with E-state index in [9.17, 15) is 26.0 Å². The Morgan fingerprint density at radius 2 is 1.39 bits per heavy atom. The lowest BCUT2D eigenvalue weighted by Gasteiger charge is -2.09. The molecule has 8 heteroatoms. The predicted octanol–water partition coefficient (Wildman–Crippen LogP) is 3.46. The van der Waals surface area contributed by atoms with Crippen molar-refractivity contribution in [2.24, 2.45) is 0 Å². The quantitative estimate of drug-likeness (QED) is 0.842. The van der Waals surface area contributed by atoms with Gasteiger partial charge in [0.15, 0.2) is 0 Å². The molecule has 0 saturated heterocycles. The highest BCUT2D eigenvalue weighted by Gasteiger charge is 2.29. The molecule has 0 aromatic heterocycles. The van der Waals surface area contributed by atoms with E-state index in [1.165, 1.54) is 24.3 Å². The number of hydrogen-bond acceptors (Lipinski definition) is 2. The van der Waals surface area contributed by atoms with Gasteiger partial charge in [-0.1, -0.05) is 24.3 Å². The Morgan fingerprint density at radius 1 is 0.870 bits per heavy atom. The van der Waals surface area contributed by atoms with Gasteiger partial charge >= 0.3 is 6.18 Å². The van der Waals surface area contributed by atoms with Crippen molar-refractivity contribution in [1.29, 1.82) is 0 Å². The molecule has 0 heterocycles. The Kier molecular flexibility index (Phi) is 5.06. The first kappa shape index (κ1) is 17.4. The van der Waals surface area contributed by atoms with Crippen molar-refractivity contribution < 1.29 is 26.0 Å². The first-order valence-electron chi connectivity index (χ1n) is 6.54. The predicted molar refractivity (Wildman–Crippen MR) is 77.3 cm³/mol. The van der Waals surface area contributed by atoms with E-state index in [1.807, 2.05) is 0 Å². The molecule has 0 amide bonds. The van der Waals surface area contributed by atoms with Crippen LogP contribution in [0.4, 0.5) is 17.6 Å². The summed E-state index contributed by atoms with van der Waals surface area (Å²) < 4.78 is 76.1. The fourth-order valence-electron chi connectivity index (χ4n) is 1.86.